The van der Waals surface area contributed by atoms with Crippen LogP contribution in [0.4, 0.5) is 18.9 Å². The molecule has 0 radical (unpaired) electrons. The van der Waals surface area contributed by atoms with Gasteiger partial charge in [0.1, 0.15) is 5.52 Å². The van der Waals surface area contributed by atoms with Gasteiger partial charge in [-0.15, -0.1) is 12.4 Å². The van der Waals surface area contributed by atoms with Gasteiger partial charge in [-0.2, -0.15) is 13.2 Å². The maximum atomic E-state index is 12.6. The van der Waals surface area contributed by atoms with E-state index < -0.39 is 12.1 Å². The normalized spacial score (nSPS) is 20.8. The second-order valence-corrected chi connectivity index (χ2v) is 5.81. The first kappa shape index (κ1) is 18.5. The third-order valence-corrected chi connectivity index (χ3v) is 4.08. The van der Waals surface area contributed by atoms with Crippen LogP contribution in [0.15, 0.2) is 22.6 Å². The summed E-state index contributed by atoms with van der Waals surface area (Å²) >= 11 is 0. The second kappa shape index (κ2) is 6.98. The number of hydrogen-bond donors (Lipinski definition) is 2. The Bertz CT molecular complexity index is 732. The van der Waals surface area contributed by atoms with Crippen molar-refractivity contribution in [1.82, 2.24) is 4.98 Å². The lowest BCUT2D eigenvalue weighted by Gasteiger charge is -2.14. The van der Waals surface area contributed by atoms with Gasteiger partial charge in [-0.1, -0.05) is 6.42 Å². The summed E-state index contributed by atoms with van der Waals surface area (Å²) in [7, 11) is 0. The summed E-state index contributed by atoms with van der Waals surface area (Å²) in [6.45, 7) is 0. The zero-order valence-electron chi connectivity index (χ0n) is 12.6. The number of aromatic nitrogens is 1. The Morgan fingerprint density at radius 3 is 2.75 bits per heavy atom. The van der Waals surface area contributed by atoms with Crippen molar-refractivity contribution in [3.8, 4) is 0 Å². The van der Waals surface area contributed by atoms with E-state index in [-0.39, 0.29) is 41.4 Å². The molecule has 0 bridgehead atoms. The standard InChI is InChI=1S/C15H16F3N3O2.ClH/c16-15(17,18)14-21-11-7-9(4-5-12(11)23-14)20-13(22)6-8-2-1-3-10(8)19;/h4-5,7-8,10H,1-3,6,19H2,(H,20,22);1H/t8-,10+;/m0./s1. The Labute approximate surface area is 142 Å². The predicted octanol–water partition coefficient (Wildman–Crippen LogP) is 3.72. The molecule has 2 atom stereocenters. The monoisotopic (exact) mass is 363 g/mol. The Hall–Kier alpha value is -1.80. The van der Waals surface area contributed by atoms with Gasteiger partial charge in [0.05, 0.1) is 0 Å². The van der Waals surface area contributed by atoms with Crippen LogP contribution >= 0.6 is 12.4 Å². The number of benzene rings is 1. The number of rotatable bonds is 3. The van der Waals surface area contributed by atoms with E-state index in [0.717, 1.165) is 19.3 Å². The third kappa shape index (κ3) is 3.99. The van der Waals surface area contributed by atoms with E-state index in [1.165, 1.54) is 18.2 Å². The molecule has 0 spiro atoms. The molecule has 0 unspecified atom stereocenters. The summed E-state index contributed by atoms with van der Waals surface area (Å²) in [6, 6.07) is 4.24. The molecular weight excluding hydrogens is 347 g/mol. The lowest BCUT2D eigenvalue weighted by molar-refractivity contribution is -0.156. The van der Waals surface area contributed by atoms with Crippen molar-refractivity contribution in [3.05, 3.63) is 24.1 Å². The van der Waals surface area contributed by atoms with E-state index in [2.05, 4.69) is 14.7 Å². The molecule has 5 nitrogen and oxygen atoms in total. The van der Waals surface area contributed by atoms with Crippen molar-refractivity contribution in [3.63, 3.8) is 0 Å². The van der Waals surface area contributed by atoms with E-state index in [4.69, 9.17) is 5.73 Å². The molecule has 1 aromatic heterocycles. The number of carbonyl (C=O) groups excluding carboxylic acids is 1. The number of nitrogens with zero attached hydrogens (tertiary/aromatic N) is 1. The van der Waals surface area contributed by atoms with Crippen LogP contribution in [0.1, 0.15) is 31.6 Å². The van der Waals surface area contributed by atoms with Gasteiger partial charge in [0, 0.05) is 18.2 Å². The fourth-order valence-electron chi connectivity index (χ4n) is 2.90. The summed E-state index contributed by atoms with van der Waals surface area (Å²) < 4.78 is 42.3. The van der Waals surface area contributed by atoms with Crippen molar-refractivity contribution in [2.75, 3.05) is 5.32 Å². The number of hydrogen-bond acceptors (Lipinski definition) is 4. The average molecular weight is 364 g/mol. The molecule has 0 saturated heterocycles. The molecule has 3 N–H and O–H groups in total. The highest BCUT2D eigenvalue weighted by molar-refractivity contribution is 5.93. The van der Waals surface area contributed by atoms with Crippen LogP contribution in [0.5, 0.6) is 0 Å². The van der Waals surface area contributed by atoms with Gasteiger partial charge >= 0.3 is 12.1 Å². The van der Waals surface area contributed by atoms with E-state index in [1.54, 1.807) is 0 Å². The first-order valence-electron chi connectivity index (χ1n) is 7.36. The summed E-state index contributed by atoms with van der Waals surface area (Å²) in [5, 5.41) is 2.67. The van der Waals surface area contributed by atoms with Gasteiger partial charge in [-0.3, -0.25) is 4.79 Å². The van der Waals surface area contributed by atoms with Gasteiger partial charge in [-0.25, -0.2) is 4.98 Å². The molecule has 3 rings (SSSR count). The zero-order valence-corrected chi connectivity index (χ0v) is 13.4. The van der Waals surface area contributed by atoms with Gasteiger partial charge in [0.25, 0.3) is 0 Å². The smallest absolute Gasteiger partial charge is 0.433 e. The van der Waals surface area contributed by atoms with E-state index in [0.29, 0.717) is 12.1 Å². The van der Waals surface area contributed by atoms with E-state index in [1.807, 2.05) is 0 Å². The SMILES string of the molecule is Cl.N[C@@H]1CCC[C@H]1CC(=O)Nc1ccc2oc(C(F)(F)F)nc2c1. The maximum absolute atomic E-state index is 12.6. The zero-order chi connectivity index (χ0) is 16.6. The summed E-state index contributed by atoms with van der Waals surface area (Å²) in [5.74, 6) is -1.35. The molecule has 24 heavy (non-hydrogen) atoms. The van der Waals surface area contributed by atoms with E-state index >= 15 is 0 Å². The van der Waals surface area contributed by atoms with Crippen molar-refractivity contribution >= 4 is 35.1 Å². The molecule has 1 amide bonds. The minimum absolute atomic E-state index is 0. The molecule has 0 aliphatic heterocycles. The molecule has 1 aliphatic rings. The minimum Gasteiger partial charge on any atom is -0.433 e. The van der Waals surface area contributed by atoms with Gasteiger partial charge in [0.2, 0.25) is 5.91 Å². The molecule has 9 heteroatoms. The first-order valence-corrected chi connectivity index (χ1v) is 7.36. The summed E-state index contributed by atoms with van der Waals surface area (Å²) in [4.78, 5) is 15.4. The second-order valence-electron chi connectivity index (χ2n) is 5.81. The number of halogens is 4. The number of carbonyl (C=O) groups is 1. The number of oxazole rings is 1. The first-order chi connectivity index (χ1) is 10.8. The van der Waals surface area contributed by atoms with Crippen LogP contribution in [0.2, 0.25) is 0 Å². The maximum Gasteiger partial charge on any atom is 0.468 e. The fraction of sp³-hybridized carbons (Fsp3) is 0.467. The highest BCUT2D eigenvalue weighted by atomic mass is 35.5. The van der Waals surface area contributed by atoms with Crippen molar-refractivity contribution in [2.45, 2.75) is 37.9 Å². The lowest BCUT2D eigenvalue weighted by atomic mass is 10.00. The Morgan fingerprint density at radius 2 is 2.12 bits per heavy atom. The number of nitrogens with one attached hydrogen (secondary N) is 1. The van der Waals surface area contributed by atoms with Gasteiger partial charge < -0.3 is 15.5 Å². The number of alkyl halides is 3. The highest BCUT2D eigenvalue weighted by Crippen LogP contribution is 2.32. The molecule has 1 aliphatic carbocycles. The molecule has 1 aromatic carbocycles. The van der Waals surface area contributed by atoms with Crippen molar-refractivity contribution in [2.24, 2.45) is 11.7 Å². The third-order valence-electron chi connectivity index (χ3n) is 4.08. The molecular formula is C15H17ClF3N3O2. The Balaban J connectivity index is 0.00000208. The topological polar surface area (TPSA) is 81.2 Å². The van der Waals surface area contributed by atoms with Crippen LogP contribution in [0.25, 0.3) is 11.1 Å². The largest absolute Gasteiger partial charge is 0.468 e. The number of anilines is 1. The summed E-state index contributed by atoms with van der Waals surface area (Å²) in [6.07, 6.45) is -1.47. The highest BCUT2D eigenvalue weighted by Gasteiger charge is 2.37. The number of fused-ring (bicyclic) bond motifs is 1. The van der Waals surface area contributed by atoms with Crippen molar-refractivity contribution in [1.29, 1.82) is 0 Å². The lowest BCUT2D eigenvalue weighted by Crippen LogP contribution is -2.28. The number of amides is 1. The Kier molecular flexibility index (Phi) is 5.39. The fourth-order valence-corrected chi connectivity index (χ4v) is 2.90. The molecule has 1 saturated carbocycles. The summed E-state index contributed by atoms with van der Waals surface area (Å²) in [5.41, 5.74) is 6.39. The van der Waals surface area contributed by atoms with Crippen LogP contribution in [-0.4, -0.2) is 16.9 Å². The quantitative estimate of drug-likeness (QED) is 0.870. The van der Waals surface area contributed by atoms with Crippen LogP contribution in [0, 0.1) is 5.92 Å². The van der Waals surface area contributed by atoms with E-state index in [9.17, 15) is 18.0 Å². The molecule has 1 heterocycles. The Morgan fingerprint density at radius 1 is 1.38 bits per heavy atom. The minimum atomic E-state index is -4.64. The number of nitrogens with two attached hydrogens (primary N) is 1. The van der Waals surface area contributed by atoms with Gasteiger partial charge in [0.15, 0.2) is 5.58 Å². The van der Waals surface area contributed by atoms with Crippen molar-refractivity contribution < 1.29 is 22.4 Å². The molecule has 2 aromatic rings. The average Bonchev–Trinajstić information content (AvgIpc) is 3.05. The predicted molar refractivity (Wildman–Crippen MR) is 84.8 cm³/mol. The van der Waals surface area contributed by atoms with Crippen LogP contribution in [-0.2, 0) is 11.0 Å². The van der Waals surface area contributed by atoms with Gasteiger partial charge in [-0.05, 0) is 37.0 Å². The van der Waals surface area contributed by atoms with Crippen LogP contribution < -0.4 is 11.1 Å². The van der Waals surface area contributed by atoms with Crippen LogP contribution in [0.3, 0.4) is 0 Å². The molecule has 132 valence electrons. The molecule has 1 fully saturated rings.